The van der Waals surface area contributed by atoms with Gasteiger partial charge in [0.1, 0.15) is 5.75 Å². The summed E-state index contributed by atoms with van der Waals surface area (Å²) >= 11 is 0. The molecule has 0 aliphatic carbocycles. The second kappa shape index (κ2) is 9.23. The molecule has 3 aromatic rings. The van der Waals surface area contributed by atoms with Crippen LogP contribution in [0.25, 0.3) is 21.5 Å². The van der Waals surface area contributed by atoms with Crippen LogP contribution < -0.4 is 4.74 Å². The number of rotatable bonds is 8. The molecule has 3 aromatic carbocycles. The van der Waals surface area contributed by atoms with Crippen LogP contribution in [0.15, 0.2) is 54.6 Å². The van der Waals surface area contributed by atoms with Crippen molar-refractivity contribution in [2.45, 2.75) is 45.4 Å². The average Bonchev–Trinajstić information content (AvgIpc) is 2.66. The maximum Gasteiger partial charge on any atom is 0.513 e. The maximum absolute atomic E-state index is 12.0. The van der Waals surface area contributed by atoms with Crippen LogP contribution in [0.4, 0.5) is 4.79 Å². The fourth-order valence-corrected chi connectivity index (χ4v) is 3.18. The lowest BCUT2D eigenvalue weighted by atomic mass is 10.0. The number of carbonyl (C=O) groups is 1. The summed E-state index contributed by atoms with van der Waals surface area (Å²) in [6, 6.07) is 18.1. The van der Waals surface area contributed by atoms with E-state index in [0.29, 0.717) is 12.4 Å². The van der Waals surface area contributed by atoms with E-state index >= 15 is 0 Å². The largest absolute Gasteiger partial charge is 0.513 e. The minimum atomic E-state index is -0.626. The van der Waals surface area contributed by atoms with Gasteiger partial charge in [0.05, 0.1) is 6.61 Å². The highest BCUT2D eigenvalue weighted by Crippen LogP contribution is 2.30. The van der Waals surface area contributed by atoms with Crippen molar-refractivity contribution in [1.82, 2.24) is 0 Å². The summed E-state index contributed by atoms with van der Waals surface area (Å²) in [5.41, 5.74) is 0. The van der Waals surface area contributed by atoms with Gasteiger partial charge in [-0.3, -0.25) is 0 Å². The molecule has 26 heavy (non-hydrogen) atoms. The Morgan fingerprint density at radius 1 is 0.808 bits per heavy atom. The van der Waals surface area contributed by atoms with Crippen LogP contribution >= 0.6 is 0 Å². The Balaban J connectivity index is 1.59. The molecule has 3 rings (SSSR count). The molecule has 3 nitrogen and oxygen atoms in total. The first-order valence-electron chi connectivity index (χ1n) is 9.54. The van der Waals surface area contributed by atoms with Crippen LogP contribution in [-0.2, 0) is 4.74 Å². The molecular weight excluding hydrogens is 324 g/mol. The van der Waals surface area contributed by atoms with Crippen molar-refractivity contribution < 1.29 is 14.3 Å². The molecule has 0 N–H and O–H groups in total. The molecule has 0 atom stereocenters. The number of carbonyl (C=O) groups excluding carboxylic acids is 1. The predicted molar refractivity (Wildman–Crippen MR) is 107 cm³/mol. The predicted octanol–water partition coefficient (Wildman–Crippen LogP) is 6.87. The quantitative estimate of drug-likeness (QED) is 0.192. The van der Waals surface area contributed by atoms with E-state index in [1.54, 1.807) is 0 Å². The van der Waals surface area contributed by atoms with Crippen LogP contribution in [0, 0.1) is 0 Å². The van der Waals surface area contributed by atoms with Crippen molar-refractivity contribution in [3.05, 3.63) is 54.6 Å². The van der Waals surface area contributed by atoms with E-state index < -0.39 is 6.16 Å². The Hall–Kier alpha value is -2.55. The number of benzene rings is 3. The smallest absolute Gasteiger partial charge is 0.434 e. The Kier molecular flexibility index (Phi) is 6.48. The molecular formula is C23H26O3. The van der Waals surface area contributed by atoms with Crippen LogP contribution in [0.3, 0.4) is 0 Å². The number of hydrogen-bond acceptors (Lipinski definition) is 3. The van der Waals surface area contributed by atoms with Gasteiger partial charge < -0.3 is 9.47 Å². The Morgan fingerprint density at radius 3 is 2.31 bits per heavy atom. The Bertz CT molecular complexity index is 870. The lowest BCUT2D eigenvalue weighted by molar-refractivity contribution is 0.0978. The highest BCUT2D eigenvalue weighted by Gasteiger charge is 2.10. The summed E-state index contributed by atoms with van der Waals surface area (Å²) < 4.78 is 10.7. The van der Waals surface area contributed by atoms with Crippen molar-refractivity contribution in [2.75, 3.05) is 6.61 Å². The van der Waals surface area contributed by atoms with E-state index in [1.807, 2.05) is 30.3 Å². The topological polar surface area (TPSA) is 35.5 Å². The maximum atomic E-state index is 12.0. The van der Waals surface area contributed by atoms with E-state index in [1.165, 1.54) is 31.1 Å². The zero-order chi connectivity index (χ0) is 18.2. The van der Waals surface area contributed by atoms with E-state index in [-0.39, 0.29) is 0 Å². The van der Waals surface area contributed by atoms with Crippen LogP contribution in [0.1, 0.15) is 45.4 Å². The monoisotopic (exact) mass is 350 g/mol. The van der Waals surface area contributed by atoms with Gasteiger partial charge in [-0.15, -0.1) is 0 Å². The number of hydrogen-bond donors (Lipinski definition) is 0. The summed E-state index contributed by atoms with van der Waals surface area (Å²) in [4.78, 5) is 12.0. The van der Waals surface area contributed by atoms with Gasteiger partial charge in [0.25, 0.3) is 0 Å². The third-order valence-electron chi connectivity index (χ3n) is 4.62. The van der Waals surface area contributed by atoms with Crippen LogP contribution in [0.5, 0.6) is 5.75 Å². The Morgan fingerprint density at radius 2 is 1.50 bits per heavy atom. The molecule has 0 radical (unpaired) electrons. The van der Waals surface area contributed by atoms with Crippen molar-refractivity contribution in [2.24, 2.45) is 0 Å². The average molecular weight is 350 g/mol. The number of fused-ring (bicyclic) bond motifs is 2. The molecule has 0 aliphatic rings. The SMILES string of the molecule is CCCCCCCCOC(=O)Oc1cccc2cc3ccccc3cc12. The van der Waals surface area contributed by atoms with Gasteiger partial charge in [-0.25, -0.2) is 4.79 Å². The fraction of sp³-hybridized carbons (Fsp3) is 0.348. The molecule has 0 saturated heterocycles. The summed E-state index contributed by atoms with van der Waals surface area (Å²) in [6.07, 6.45) is 6.32. The summed E-state index contributed by atoms with van der Waals surface area (Å²) in [5.74, 6) is 0.543. The van der Waals surface area contributed by atoms with Crippen LogP contribution in [-0.4, -0.2) is 12.8 Å². The minimum Gasteiger partial charge on any atom is -0.434 e. The lowest BCUT2D eigenvalue weighted by Crippen LogP contribution is -2.11. The zero-order valence-corrected chi connectivity index (χ0v) is 15.4. The van der Waals surface area contributed by atoms with E-state index in [2.05, 4.69) is 31.2 Å². The third kappa shape index (κ3) is 4.75. The summed E-state index contributed by atoms with van der Waals surface area (Å²) in [5, 5.41) is 4.26. The highest BCUT2D eigenvalue weighted by atomic mass is 16.7. The lowest BCUT2D eigenvalue weighted by Gasteiger charge is -2.09. The van der Waals surface area contributed by atoms with Gasteiger partial charge in [-0.2, -0.15) is 0 Å². The van der Waals surface area contributed by atoms with Crippen molar-refractivity contribution >= 4 is 27.7 Å². The molecule has 0 aliphatic heterocycles. The standard InChI is InChI=1S/C23H26O3/c1-2-3-4-5-6-9-15-25-23(24)26-22-14-10-13-20-16-18-11-7-8-12-19(18)17-21(20)22/h7-8,10-14,16-17H,2-6,9,15H2,1H3. The van der Waals surface area contributed by atoms with Crippen molar-refractivity contribution in [1.29, 1.82) is 0 Å². The minimum absolute atomic E-state index is 0.415. The first-order chi connectivity index (χ1) is 12.8. The van der Waals surface area contributed by atoms with Gasteiger partial charge in [0.2, 0.25) is 0 Å². The van der Waals surface area contributed by atoms with Crippen molar-refractivity contribution in [3.63, 3.8) is 0 Å². The van der Waals surface area contributed by atoms with Gasteiger partial charge >= 0.3 is 6.16 Å². The second-order valence-corrected chi connectivity index (χ2v) is 6.64. The van der Waals surface area contributed by atoms with Gasteiger partial charge in [0.15, 0.2) is 0 Å². The second-order valence-electron chi connectivity index (χ2n) is 6.64. The molecule has 0 saturated carbocycles. The third-order valence-corrected chi connectivity index (χ3v) is 4.62. The van der Waals surface area contributed by atoms with Gasteiger partial charge in [-0.05, 0) is 40.8 Å². The molecule has 0 amide bonds. The van der Waals surface area contributed by atoms with Gasteiger partial charge in [-0.1, -0.05) is 75.4 Å². The summed E-state index contributed by atoms with van der Waals surface area (Å²) in [7, 11) is 0. The summed E-state index contributed by atoms with van der Waals surface area (Å²) in [6.45, 7) is 2.62. The molecule has 0 bridgehead atoms. The van der Waals surface area contributed by atoms with Gasteiger partial charge in [0, 0.05) is 5.39 Å². The van der Waals surface area contributed by atoms with E-state index in [0.717, 1.165) is 29.0 Å². The fourth-order valence-electron chi connectivity index (χ4n) is 3.18. The van der Waals surface area contributed by atoms with E-state index in [4.69, 9.17) is 9.47 Å². The highest BCUT2D eigenvalue weighted by molar-refractivity contribution is 6.01. The molecule has 136 valence electrons. The number of unbranched alkanes of at least 4 members (excludes halogenated alkanes) is 5. The molecule has 3 heteroatoms. The molecule has 0 unspecified atom stereocenters. The Labute approximate surface area is 154 Å². The molecule has 0 spiro atoms. The molecule has 0 fully saturated rings. The zero-order valence-electron chi connectivity index (χ0n) is 15.4. The molecule has 0 heterocycles. The normalized spacial score (nSPS) is 11.0. The van der Waals surface area contributed by atoms with Crippen LogP contribution in [0.2, 0.25) is 0 Å². The first kappa shape index (κ1) is 18.2. The first-order valence-corrected chi connectivity index (χ1v) is 9.54. The molecule has 0 aromatic heterocycles. The van der Waals surface area contributed by atoms with Crippen molar-refractivity contribution in [3.8, 4) is 5.75 Å². The number of ether oxygens (including phenoxy) is 2. The van der Waals surface area contributed by atoms with E-state index in [9.17, 15) is 4.79 Å².